The molecule has 4 nitrogen and oxygen atoms in total. The zero-order valence-corrected chi connectivity index (χ0v) is 10.7. The Morgan fingerprint density at radius 1 is 1.53 bits per heavy atom. The molecule has 0 saturated heterocycles. The molecule has 1 aliphatic heterocycles. The third-order valence-corrected chi connectivity index (χ3v) is 3.80. The molecular weight excluding hydrogens is 214 g/mol. The molecule has 2 aliphatic rings. The Labute approximate surface area is 102 Å². The number of nitrogens with zero attached hydrogens (tertiary/aromatic N) is 2. The maximum atomic E-state index is 5.41. The summed E-state index contributed by atoms with van der Waals surface area (Å²) in [5.41, 5.74) is 2.70. The average molecular weight is 235 g/mol. The van der Waals surface area contributed by atoms with E-state index in [-0.39, 0.29) is 6.10 Å². The first kappa shape index (κ1) is 11.2. The smallest absolute Gasteiger partial charge is 0.112 e. The van der Waals surface area contributed by atoms with E-state index in [0.717, 1.165) is 26.1 Å². The predicted octanol–water partition coefficient (Wildman–Crippen LogP) is 1.44. The molecule has 3 rings (SSSR count). The highest BCUT2D eigenvalue weighted by Gasteiger charge is 2.32. The fourth-order valence-electron chi connectivity index (χ4n) is 2.58. The molecule has 1 aromatic heterocycles. The molecule has 1 aromatic rings. The Bertz CT molecular complexity index is 409. The van der Waals surface area contributed by atoms with Crippen LogP contribution >= 0.6 is 0 Å². The van der Waals surface area contributed by atoms with Crippen LogP contribution in [0.15, 0.2) is 0 Å². The van der Waals surface area contributed by atoms with Gasteiger partial charge in [-0.2, -0.15) is 0 Å². The number of fused-ring (bicyclic) bond motifs is 1. The van der Waals surface area contributed by atoms with Crippen molar-refractivity contribution in [1.29, 1.82) is 0 Å². The molecule has 0 bridgehead atoms. The van der Waals surface area contributed by atoms with Gasteiger partial charge < -0.3 is 14.6 Å². The van der Waals surface area contributed by atoms with Crippen molar-refractivity contribution in [3.8, 4) is 0 Å². The van der Waals surface area contributed by atoms with Gasteiger partial charge in [0.1, 0.15) is 5.82 Å². The second kappa shape index (κ2) is 4.42. The summed E-state index contributed by atoms with van der Waals surface area (Å²) in [5, 5.41) is 3.40. The second-order valence-electron chi connectivity index (χ2n) is 5.22. The summed E-state index contributed by atoms with van der Waals surface area (Å²) in [6, 6.07) is 0. The van der Waals surface area contributed by atoms with Gasteiger partial charge in [-0.1, -0.05) is 0 Å². The fourth-order valence-corrected chi connectivity index (χ4v) is 2.58. The number of aromatic nitrogens is 2. The Morgan fingerprint density at radius 3 is 3.06 bits per heavy atom. The van der Waals surface area contributed by atoms with E-state index < -0.39 is 0 Å². The lowest BCUT2D eigenvalue weighted by Crippen LogP contribution is -2.26. The van der Waals surface area contributed by atoms with Crippen LogP contribution in [0.5, 0.6) is 0 Å². The summed E-state index contributed by atoms with van der Waals surface area (Å²) in [4.78, 5) is 4.84. The first-order chi connectivity index (χ1) is 8.29. The quantitative estimate of drug-likeness (QED) is 0.858. The van der Waals surface area contributed by atoms with Gasteiger partial charge in [-0.25, -0.2) is 4.98 Å². The molecule has 4 heteroatoms. The fraction of sp³-hybridized carbons (Fsp3) is 0.769. The van der Waals surface area contributed by atoms with Crippen LogP contribution in [0.1, 0.15) is 42.9 Å². The monoisotopic (exact) mass is 235 g/mol. The number of hydrogen-bond donors (Lipinski definition) is 1. The molecule has 1 fully saturated rings. The number of rotatable bonds is 4. The van der Waals surface area contributed by atoms with Crippen molar-refractivity contribution in [2.24, 2.45) is 0 Å². The van der Waals surface area contributed by atoms with E-state index in [4.69, 9.17) is 9.72 Å². The number of methoxy groups -OCH3 is 1. The first-order valence-corrected chi connectivity index (χ1v) is 6.61. The van der Waals surface area contributed by atoms with Crippen molar-refractivity contribution in [2.45, 2.75) is 51.3 Å². The molecule has 0 radical (unpaired) electrons. The summed E-state index contributed by atoms with van der Waals surface area (Å²) < 4.78 is 7.84. The van der Waals surface area contributed by atoms with Crippen molar-refractivity contribution in [1.82, 2.24) is 14.9 Å². The van der Waals surface area contributed by atoms with Gasteiger partial charge in [0.2, 0.25) is 0 Å². The topological polar surface area (TPSA) is 39.1 Å². The van der Waals surface area contributed by atoms with E-state index in [1.54, 1.807) is 7.11 Å². The van der Waals surface area contributed by atoms with Crippen LogP contribution in [-0.4, -0.2) is 29.3 Å². The molecule has 94 valence electrons. The SMILES string of the molecule is COC(C)Cn1c(C2CC2)nc2c1CCNC2. The van der Waals surface area contributed by atoms with Gasteiger partial charge in [0, 0.05) is 38.2 Å². The molecule has 1 N–H and O–H groups in total. The number of ether oxygens (including phenoxy) is 1. The number of nitrogens with one attached hydrogen (secondary N) is 1. The van der Waals surface area contributed by atoms with Crippen molar-refractivity contribution < 1.29 is 4.74 Å². The molecule has 1 saturated carbocycles. The van der Waals surface area contributed by atoms with Crippen LogP contribution in [-0.2, 0) is 24.2 Å². The zero-order chi connectivity index (χ0) is 11.8. The third kappa shape index (κ3) is 2.11. The normalized spacial score (nSPS) is 21.3. The lowest BCUT2D eigenvalue weighted by molar-refractivity contribution is 0.101. The van der Waals surface area contributed by atoms with Gasteiger partial charge in [-0.3, -0.25) is 0 Å². The standard InChI is InChI=1S/C13H21N3O/c1-9(17-2)8-16-12-5-6-14-7-11(12)15-13(16)10-3-4-10/h9-10,14H,3-8H2,1-2H3. The molecule has 0 amide bonds. The third-order valence-electron chi connectivity index (χ3n) is 3.80. The first-order valence-electron chi connectivity index (χ1n) is 6.61. The van der Waals surface area contributed by atoms with Crippen molar-refractivity contribution in [3.05, 3.63) is 17.2 Å². The van der Waals surface area contributed by atoms with Crippen LogP contribution < -0.4 is 5.32 Å². The number of hydrogen-bond acceptors (Lipinski definition) is 3. The molecule has 0 spiro atoms. The molecule has 17 heavy (non-hydrogen) atoms. The Morgan fingerprint density at radius 2 is 2.35 bits per heavy atom. The minimum absolute atomic E-state index is 0.265. The van der Waals surface area contributed by atoms with Crippen LogP contribution in [0.3, 0.4) is 0 Å². The molecule has 2 heterocycles. The van der Waals surface area contributed by atoms with Crippen LogP contribution in [0.2, 0.25) is 0 Å². The Kier molecular flexibility index (Phi) is 2.92. The van der Waals surface area contributed by atoms with Crippen LogP contribution in [0.4, 0.5) is 0 Å². The molecule has 1 aliphatic carbocycles. The van der Waals surface area contributed by atoms with Gasteiger partial charge in [0.05, 0.1) is 18.3 Å². The largest absolute Gasteiger partial charge is 0.380 e. The van der Waals surface area contributed by atoms with E-state index in [0.29, 0.717) is 5.92 Å². The van der Waals surface area contributed by atoms with Gasteiger partial charge >= 0.3 is 0 Å². The van der Waals surface area contributed by atoms with Gasteiger partial charge in [-0.05, 0) is 19.8 Å². The molecule has 0 aromatic carbocycles. The van der Waals surface area contributed by atoms with Gasteiger partial charge in [-0.15, -0.1) is 0 Å². The zero-order valence-electron chi connectivity index (χ0n) is 10.7. The van der Waals surface area contributed by atoms with Crippen LogP contribution in [0.25, 0.3) is 0 Å². The lowest BCUT2D eigenvalue weighted by atomic mass is 10.2. The Hall–Kier alpha value is -0.870. The van der Waals surface area contributed by atoms with Crippen molar-refractivity contribution in [3.63, 3.8) is 0 Å². The molecule has 1 unspecified atom stereocenters. The molecule has 1 atom stereocenters. The summed E-state index contributed by atoms with van der Waals surface area (Å²) in [7, 11) is 1.78. The average Bonchev–Trinajstić information content (AvgIpc) is 3.13. The minimum Gasteiger partial charge on any atom is -0.380 e. The predicted molar refractivity (Wildman–Crippen MR) is 66.1 cm³/mol. The molecular formula is C13H21N3O. The van der Waals surface area contributed by atoms with Crippen molar-refractivity contribution in [2.75, 3.05) is 13.7 Å². The highest BCUT2D eigenvalue weighted by atomic mass is 16.5. The van der Waals surface area contributed by atoms with Crippen molar-refractivity contribution >= 4 is 0 Å². The second-order valence-corrected chi connectivity index (χ2v) is 5.22. The van der Waals surface area contributed by atoms with E-state index in [1.807, 2.05) is 0 Å². The minimum atomic E-state index is 0.265. The summed E-state index contributed by atoms with van der Waals surface area (Å²) >= 11 is 0. The van der Waals surface area contributed by atoms with Crippen LogP contribution in [0, 0.1) is 0 Å². The maximum Gasteiger partial charge on any atom is 0.112 e. The highest BCUT2D eigenvalue weighted by Crippen LogP contribution is 2.40. The Balaban J connectivity index is 1.94. The van der Waals surface area contributed by atoms with E-state index in [9.17, 15) is 0 Å². The summed E-state index contributed by atoms with van der Waals surface area (Å²) in [6.07, 6.45) is 3.99. The van der Waals surface area contributed by atoms with E-state index in [1.165, 1.54) is 30.1 Å². The van der Waals surface area contributed by atoms with E-state index >= 15 is 0 Å². The van der Waals surface area contributed by atoms with Gasteiger partial charge in [0.15, 0.2) is 0 Å². The van der Waals surface area contributed by atoms with E-state index in [2.05, 4.69) is 16.8 Å². The summed E-state index contributed by atoms with van der Waals surface area (Å²) in [5.74, 6) is 2.02. The summed E-state index contributed by atoms with van der Waals surface area (Å²) in [6.45, 7) is 5.09. The highest BCUT2D eigenvalue weighted by molar-refractivity contribution is 5.24. The maximum absolute atomic E-state index is 5.41. The number of imidazole rings is 1. The lowest BCUT2D eigenvalue weighted by Gasteiger charge is -2.18. The van der Waals surface area contributed by atoms with Gasteiger partial charge in [0.25, 0.3) is 0 Å².